The van der Waals surface area contributed by atoms with Gasteiger partial charge in [0, 0.05) is 29.9 Å². The van der Waals surface area contributed by atoms with Crippen molar-refractivity contribution in [2.24, 2.45) is 5.10 Å². The summed E-state index contributed by atoms with van der Waals surface area (Å²) in [7, 11) is 0. The van der Waals surface area contributed by atoms with Crippen molar-refractivity contribution in [2.45, 2.75) is 52.5 Å². The minimum atomic E-state index is -0.411. The Kier molecular flexibility index (Phi) is 5.40. The van der Waals surface area contributed by atoms with Crippen LogP contribution in [-0.4, -0.2) is 23.2 Å². The molecule has 3 rings (SSSR count). The van der Waals surface area contributed by atoms with E-state index < -0.39 is 4.92 Å². The largest absolute Gasteiger partial charge is 0.366 e. The number of hydrazone groups is 1. The monoisotopic (exact) mass is 380 g/mol. The Balaban J connectivity index is 1.83. The Morgan fingerprint density at radius 3 is 2.61 bits per heavy atom. The van der Waals surface area contributed by atoms with Gasteiger partial charge in [0.1, 0.15) is 0 Å². The first-order valence-corrected chi connectivity index (χ1v) is 9.68. The van der Waals surface area contributed by atoms with Crippen molar-refractivity contribution in [1.82, 2.24) is 0 Å². The third-order valence-corrected chi connectivity index (χ3v) is 5.57. The highest BCUT2D eigenvalue weighted by Crippen LogP contribution is 2.43. The fourth-order valence-corrected chi connectivity index (χ4v) is 4.22. The van der Waals surface area contributed by atoms with Crippen LogP contribution < -0.4 is 10.3 Å². The van der Waals surface area contributed by atoms with Crippen LogP contribution in [0.15, 0.2) is 41.5 Å². The molecular formula is C22H28N4O2. The van der Waals surface area contributed by atoms with Crippen LogP contribution in [0.5, 0.6) is 0 Å². The zero-order valence-corrected chi connectivity index (χ0v) is 17.2. The number of nitrogens with one attached hydrogen (secondary N) is 1. The smallest absolute Gasteiger partial charge is 0.269 e. The van der Waals surface area contributed by atoms with Gasteiger partial charge < -0.3 is 4.90 Å². The fourth-order valence-electron chi connectivity index (χ4n) is 4.22. The van der Waals surface area contributed by atoms with Crippen molar-refractivity contribution in [1.29, 1.82) is 0 Å². The molecule has 0 amide bonds. The predicted octanol–water partition coefficient (Wildman–Crippen LogP) is 5.46. The number of nitro benzene ring substituents is 1. The van der Waals surface area contributed by atoms with Crippen LogP contribution in [0.2, 0.25) is 0 Å². The molecule has 0 aromatic heterocycles. The summed E-state index contributed by atoms with van der Waals surface area (Å²) >= 11 is 0. The third-order valence-electron chi connectivity index (χ3n) is 5.57. The van der Waals surface area contributed by atoms with Crippen LogP contribution in [0.25, 0.3) is 0 Å². The van der Waals surface area contributed by atoms with Crippen LogP contribution in [0.4, 0.5) is 17.1 Å². The molecule has 1 heterocycles. The number of hydrogen-bond donors (Lipinski definition) is 1. The molecular weight excluding hydrogens is 352 g/mol. The lowest BCUT2D eigenvalue weighted by Gasteiger charge is -2.47. The second-order valence-corrected chi connectivity index (χ2v) is 8.10. The number of anilines is 2. The zero-order valence-electron chi connectivity index (χ0n) is 17.2. The highest BCUT2D eigenvalue weighted by molar-refractivity contribution is 5.84. The molecule has 0 radical (unpaired) electrons. The minimum Gasteiger partial charge on any atom is -0.366 e. The molecule has 2 aromatic rings. The lowest BCUT2D eigenvalue weighted by Crippen LogP contribution is -2.48. The lowest BCUT2D eigenvalue weighted by atomic mass is 9.79. The van der Waals surface area contributed by atoms with Gasteiger partial charge in [0.2, 0.25) is 0 Å². The molecule has 0 fully saturated rings. The molecule has 0 saturated carbocycles. The molecule has 28 heavy (non-hydrogen) atoms. The zero-order chi connectivity index (χ0) is 20.5. The molecule has 0 bridgehead atoms. The maximum Gasteiger partial charge on any atom is 0.269 e. The maximum absolute atomic E-state index is 10.7. The van der Waals surface area contributed by atoms with Crippen molar-refractivity contribution >= 4 is 23.3 Å². The Bertz CT molecular complexity index is 903. The fraction of sp³-hybridized carbons (Fsp3) is 0.409. The number of nitrogens with zero attached hydrogens (tertiary/aromatic N) is 3. The van der Waals surface area contributed by atoms with Gasteiger partial charge in [-0.05, 0) is 81.0 Å². The molecule has 0 saturated heterocycles. The normalized spacial score (nSPS) is 18.2. The molecule has 1 aliphatic heterocycles. The van der Waals surface area contributed by atoms with Gasteiger partial charge in [0.25, 0.3) is 5.69 Å². The van der Waals surface area contributed by atoms with Crippen molar-refractivity contribution < 1.29 is 4.92 Å². The molecule has 0 spiro atoms. The summed E-state index contributed by atoms with van der Waals surface area (Å²) in [6.45, 7) is 12.2. The molecule has 1 unspecified atom stereocenters. The van der Waals surface area contributed by atoms with E-state index in [1.54, 1.807) is 12.1 Å². The van der Waals surface area contributed by atoms with Crippen LogP contribution in [-0.2, 0) is 0 Å². The van der Waals surface area contributed by atoms with Gasteiger partial charge in [-0.1, -0.05) is 6.92 Å². The van der Waals surface area contributed by atoms with Crippen molar-refractivity contribution in [2.75, 3.05) is 16.9 Å². The highest BCUT2D eigenvalue weighted by Gasteiger charge is 2.35. The van der Waals surface area contributed by atoms with E-state index in [1.807, 2.05) is 6.21 Å². The number of fused-ring (bicyclic) bond motifs is 1. The Morgan fingerprint density at radius 2 is 2.00 bits per heavy atom. The summed E-state index contributed by atoms with van der Waals surface area (Å²) in [5.74, 6) is 0.489. The Hall–Kier alpha value is -2.89. The summed E-state index contributed by atoms with van der Waals surface area (Å²) in [5.41, 5.74) is 8.82. The Morgan fingerprint density at radius 1 is 1.32 bits per heavy atom. The van der Waals surface area contributed by atoms with Crippen molar-refractivity contribution in [3.8, 4) is 0 Å². The maximum atomic E-state index is 10.7. The van der Waals surface area contributed by atoms with Crippen molar-refractivity contribution in [3.05, 3.63) is 63.2 Å². The summed E-state index contributed by atoms with van der Waals surface area (Å²) in [6.07, 6.45) is 2.94. The van der Waals surface area contributed by atoms with Crippen LogP contribution >= 0.6 is 0 Å². The predicted molar refractivity (Wildman–Crippen MR) is 116 cm³/mol. The van der Waals surface area contributed by atoms with Gasteiger partial charge in [-0.2, -0.15) is 5.10 Å². The number of benzene rings is 2. The topological polar surface area (TPSA) is 70.8 Å². The lowest BCUT2D eigenvalue weighted by molar-refractivity contribution is -0.384. The van der Waals surface area contributed by atoms with E-state index in [9.17, 15) is 10.1 Å². The number of rotatable bonds is 5. The minimum absolute atomic E-state index is 0.0671. The first-order valence-electron chi connectivity index (χ1n) is 9.68. The van der Waals surface area contributed by atoms with Gasteiger partial charge in [-0.15, -0.1) is 0 Å². The number of hydrogen-bond acceptors (Lipinski definition) is 5. The second kappa shape index (κ2) is 7.62. The summed E-state index contributed by atoms with van der Waals surface area (Å²) in [6, 6.07) is 10.7. The van der Waals surface area contributed by atoms with E-state index >= 15 is 0 Å². The molecule has 0 aliphatic carbocycles. The molecule has 1 aliphatic rings. The third kappa shape index (κ3) is 3.86. The quantitative estimate of drug-likeness (QED) is 0.425. The van der Waals surface area contributed by atoms with Crippen LogP contribution in [0, 0.1) is 17.0 Å². The second-order valence-electron chi connectivity index (χ2n) is 8.10. The average Bonchev–Trinajstić information content (AvgIpc) is 2.62. The summed E-state index contributed by atoms with van der Waals surface area (Å²) in [5, 5.41) is 15.1. The van der Waals surface area contributed by atoms with E-state index in [1.165, 1.54) is 28.9 Å². The summed E-state index contributed by atoms with van der Waals surface area (Å²) < 4.78 is 0. The SMILES string of the molecule is CCN1c2cc(C)c(/C=N/Nc3ccc([N+](=O)[O-])cc3)cc2C(C)CC1(C)C. The number of aryl methyl sites for hydroxylation is 1. The molecule has 2 aromatic carbocycles. The van der Waals surface area contributed by atoms with Gasteiger partial charge in [0.05, 0.1) is 16.8 Å². The highest BCUT2D eigenvalue weighted by atomic mass is 16.6. The van der Waals surface area contributed by atoms with Gasteiger partial charge in [-0.25, -0.2) is 0 Å². The van der Waals surface area contributed by atoms with Crippen molar-refractivity contribution in [3.63, 3.8) is 0 Å². The average molecular weight is 380 g/mol. The Labute approximate surface area is 166 Å². The molecule has 6 heteroatoms. The molecule has 1 N–H and O–H groups in total. The van der Waals surface area contributed by atoms with E-state index in [2.05, 4.69) is 62.2 Å². The number of nitro groups is 1. The molecule has 1 atom stereocenters. The van der Waals surface area contributed by atoms with E-state index in [0.717, 1.165) is 18.5 Å². The first kappa shape index (κ1) is 19.9. The van der Waals surface area contributed by atoms with Gasteiger partial charge in [-0.3, -0.25) is 15.5 Å². The van der Waals surface area contributed by atoms with E-state index in [0.29, 0.717) is 11.6 Å². The molecule has 148 valence electrons. The number of non-ortho nitro benzene ring substituents is 1. The standard InChI is InChI=1S/C22H28N4O2/c1-6-25-21-11-15(2)17(12-20(21)16(3)13-22(25,4)5)14-23-24-18-7-9-19(10-8-18)26(27)28/h7-12,14,16,24H,6,13H2,1-5H3/b23-14+. The van der Waals surface area contributed by atoms with Gasteiger partial charge >= 0.3 is 0 Å². The summed E-state index contributed by atoms with van der Waals surface area (Å²) in [4.78, 5) is 12.8. The molecule has 6 nitrogen and oxygen atoms in total. The van der Waals surface area contributed by atoms with Crippen LogP contribution in [0.3, 0.4) is 0 Å². The van der Waals surface area contributed by atoms with Gasteiger partial charge in [0.15, 0.2) is 0 Å². The first-order chi connectivity index (χ1) is 13.2. The van der Waals surface area contributed by atoms with E-state index in [-0.39, 0.29) is 11.2 Å². The van der Waals surface area contributed by atoms with E-state index in [4.69, 9.17) is 0 Å². The van der Waals surface area contributed by atoms with Crippen LogP contribution in [0.1, 0.15) is 56.7 Å².